The molecule has 1 saturated carbocycles. The number of aromatic hydroxyl groups is 1. The number of anilines is 1. The van der Waals surface area contributed by atoms with E-state index in [1.165, 1.54) is 0 Å². The Labute approximate surface area is 277 Å². The van der Waals surface area contributed by atoms with Crippen molar-refractivity contribution < 1.29 is 28.8 Å². The number of pyridine rings is 1. The van der Waals surface area contributed by atoms with Gasteiger partial charge in [0, 0.05) is 24.3 Å². The number of aryl methyl sites for hydroxylation is 1. The minimum atomic E-state index is -0.974. The second-order valence-corrected chi connectivity index (χ2v) is 14.8. The van der Waals surface area contributed by atoms with Crippen molar-refractivity contribution in [2.75, 3.05) is 24.6 Å². The maximum Gasteiger partial charge on any atom is 0.319 e. The van der Waals surface area contributed by atoms with Crippen LogP contribution in [0.15, 0.2) is 36.5 Å². The van der Waals surface area contributed by atoms with Crippen LogP contribution in [0, 0.1) is 11.2 Å². The zero-order valence-corrected chi connectivity index (χ0v) is 27.1. The molecule has 0 radical (unpaired) electrons. The second-order valence-electron chi connectivity index (χ2n) is 14.8. The van der Waals surface area contributed by atoms with E-state index in [0.717, 1.165) is 55.0 Å². The van der Waals surface area contributed by atoms with Crippen molar-refractivity contribution in [2.45, 2.75) is 101 Å². The van der Waals surface area contributed by atoms with E-state index in [2.05, 4.69) is 9.88 Å². The van der Waals surface area contributed by atoms with Gasteiger partial charge in [0.15, 0.2) is 5.82 Å². The smallest absolute Gasteiger partial charge is 0.319 e. The summed E-state index contributed by atoms with van der Waals surface area (Å²) in [4.78, 5) is 18.5. The molecule has 9 nitrogen and oxygen atoms in total. The molecule has 0 amide bonds. The molecular formula is C37H41F2N5O4. The Bertz CT molecular complexity index is 1950. The summed E-state index contributed by atoms with van der Waals surface area (Å²) in [6.45, 7) is 3.55. The number of alkyl halides is 1. The lowest BCUT2D eigenvalue weighted by Crippen LogP contribution is -2.76. The molecule has 4 bridgehead atoms. The highest BCUT2D eigenvalue weighted by Crippen LogP contribution is 2.63. The van der Waals surface area contributed by atoms with Gasteiger partial charge in [-0.15, -0.1) is 0 Å². The van der Waals surface area contributed by atoms with Crippen molar-refractivity contribution in [3.63, 3.8) is 0 Å². The number of hydrogen-bond donors (Lipinski definition) is 3. The summed E-state index contributed by atoms with van der Waals surface area (Å²) in [5.41, 5.74) is 1.15. The summed E-state index contributed by atoms with van der Waals surface area (Å²) in [5, 5.41) is 34.2. The van der Waals surface area contributed by atoms with Crippen molar-refractivity contribution >= 4 is 27.5 Å². The number of phenols is 1. The molecule has 2 aromatic carbocycles. The third kappa shape index (κ3) is 4.26. The van der Waals surface area contributed by atoms with Crippen molar-refractivity contribution in [1.82, 2.24) is 19.9 Å². The van der Waals surface area contributed by atoms with E-state index in [1.807, 2.05) is 30.0 Å². The van der Waals surface area contributed by atoms with Gasteiger partial charge in [-0.3, -0.25) is 9.88 Å². The van der Waals surface area contributed by atoms with Gasteiger partial charge in [-0.25, -0.2) is 8.78 Å². The number of piperidine rings is 3. The van der Waals surface area contributed by atoms with E-state index in [9.17, 15) is 19.7 Å². The molecule has 6 unspecified atom stereocenters. The number of fused-ring (bicyclic) bond motifs is 4. The highest BCUT2D eigenvalue weighted by molar-refractivity contribution is 6.01. The Morgan fingerprint density at radius 2 is 1.98 bits per heavy atom. The highest BCUT2D eigenvalue weighted by atomic mass is 19.1. The van der Waals surface area contributed by atoms with Crippen LogP contribution < -0.4 is 9.64 Å². The molecular weight excluding hydrogens is 616 g/mol. The zero-order valence-electron chi connectivity index (χ0n) is 27.1. The third-order valence-electron chi connectivity index (χ3n) is 12.6. The fraction of sp³-hybridized carbons (Fsp3) is 0.541. The van der Waals surface area contributed by atoms with E-state index >= 15 is 4.39 Å². The topological polar surface area (TPSA) is 115 Å². The first-order chi connectivity index (χ1) is 23.2. The lowest BCUT2D eigenvalue weighted by atomic mass is 9.47. The monoisotopic (exact) mass is 657 g/mol. The van der Waals surface area contributed by atoms with Crippen LogP contribution in [-0.2, 0) is 6.42 Å². The van der Waals surface area contributed by atoms with Gasteiger partial charge in [-0.2, -0.15) is 9.97 Å². The number of rotatable bonds is 6. The number of hydrogen-bond acceptors (Lipinski definition) is 9. The van der Waals surface area contributed by atoms with Gasteiger partial charge in [0.25, 0.3) is 0 Å². The maximum absolute atomic E-state index is 17.1. The van der Waals surface area contributed by atoms with E-state index in [0.29, 0.717) is 49.0 Å². The minimum absolute atomic E-state index is 0.00844. The predicted octanol–water partition coefficient (Wildman–Crippen LogP) is 5.45. The van der Waals surface area contributed by atoms with E-state index in [4.69, 9.17) is 14.7 Å². The number of benzene rings is 2. The van der Waals surface area contributed by atoms with Gasteiger partial charge in [0.1, 0.15) is 41.7 Å². The van der Waals surface area contributed by atoms with Crippen molar-refractivity contribution in [3.8, 4) is 23.0 Å². The highest BCUT2D eigenvalue weighted by Gasteiger charge is 2.66. The third-order valence-corrected chi connectivity index (χ3v) is 12.6. The fourth-order valence-corrected chi connectivity index (χ4v) is 10.3. The first kappa shape index (κ1) is 30.4. The summed E-state index contributed by atoms with van der Waals surface area (Å²) in [5.74, 6) is -0.218. The van der Waals surface area contributed by atoms with Crippen LogP contribution in [0.1, 0.15) is 63.9 Å². The minimum Gasteiger partial charge on any atom is -0.508 e. The molecule has 4 aliphatic heterocycles. The quantitative estimate of drug-likeness (QED) is 0.249. The van der Waals surface area contributed by atoms with E-state index < -0.39 is 30.2 Å². The van der Waals surface area contributed by atoms with Gasteiger partial charge in [-0.05, 0) is 98.2 Å². The van der Waals surface area contributed by atoms with Gasteiger partial charge >= 0.3 is 6.01 Å². The van der Waals surface area contributed by atoms with Crippen LogP contribution in [0.25, 0.3) is 32.9 Å². The lowest BCUT2D eigenvalue weighted by Gasteiger charge is -2.69. The van der Waals surface area contributed by atoms with Crippen LogP contribution >= 0.6 is 0 Å². The van der Waals surface area contributed by atoms with E-state index in [1.54, 1.807) is 18.3 Å². The Kier molecular flexibility index (Phi) is 6.91. The average Bonchev–Trinajstić information content (AvgIpc) is 3.40. The Morgan fingerprint density at radius 1 is 1.10 bits per heavy atom. The van der Waals surface area contributed by atoms with Crippen LogP contribution in [0.2, 0.25) is 0 Å². The zero-order chi connectivity index (χ0) is 32.9. The summed E-state index contributed by atoms with van der Waals surface area (Å²) in [6.07, 6.45) is 5.84. The van der Waals surface area contributed by atoms with Gasteiger partial charge < -0.3 is 25.0 Å². The molecule has 48 heavy (non-hydrogen) atoms. The van der Waals surface area contributed by atoms with Gasteiger partial charge in [0.2, 0.25) is 0 Å². The molecule has 11 heteroatoms. The summed E-state index contributed by atoms with van der Waals surface area (Å²) < 4.78 is 38.4. The summed E-state index contributed by atoms with van der Waals surface area (Å²) in [6, 6.07) is 8.57. The molecule has 5 aliphatic rings. The summed E-state index contributed by atoms with van der Waals surface area (Å²) >= 11 is 0. The van der Waals surface area contributed by atoms with Crippen molar-refractivity contribution in [1.29, 1.82) is 0 Å². The number of halogens is 2. The Morgan fingerprint density at radius 3 is 2.77 bits per heavy atom. The second kappa shape index (κ2) is 10.9. The normalized spacial score (nSPS) is 33.9. The molecule has 252 valence electrons. The number of phenolic OH excluding ortho intramolecular Hbond substituents is 1. The fourth-order valence-electron chi connectivity index (χ4n) is 10.3. The number of ether oxygens (including phenoxy) is 1. The molecule has 5 fully saturated rings. The first-order valence-corrected chi connectivity index (χ1v) is 17.5. The molecule has 8 atom stereocenters. The Hall–Kier alpha value is -3.67. The maximum atomic E-state index is 17.1. The van der Waals surface area contributed by atoms with Gasteiger partial charge in [-0.1, -0.05) is 25.1 Å². The lowest BCUT2D eigenvalue weighted by molar-refractivity contribution is -0.213. The number of nitrogens with zero attached hydrogens (tertiary/aromatic N) is 5. The summed E-state index contributed by atoms with van der Waals surface area (Å²) in [7, 11) is 0. The molecule has 2 aromatic heterocycles. The molecule has 1 aliphatic carbocycles. The van der Waals surface area contributed by atoms with Crippen LogP contribution in [0.3, 0.4) is 0 Å². The molecule has 4 saturated heterocycles. The van der Waals surface area contributed by atoms with Crippen molar-refractivity contribution in [2.24, 2.45) is 5.41 Å². The predicted molar refractivity (Wildman–Crippen MR) is 177 cm³/mol. The van der Waals surface area contributed by atoms with Crippen LogP contribution in [0.4, 0.5) is 14.6 Å². The number of aliphatic hydroxyl groups excluding tert-OH is 2. The number of aliphatic hydroxyl groups is 2. The molecule has 0 spiro atoms. The molecule has 6 heterocycles. The molecule has 4 aromatic rings. The average molecular weight is 658 g/mol. The van der Waals surface area contributed by atoms with Crippen molar-refractivity contribution in [3.05, 3.63) is 47.9 Å². The molecule has 3 N–H and O–H groups in total. The SMILES string of the molecule is CCc1cccc2cc(O)cc(-c3ncc4c(N5C6CCC5C(O)[C@H](O)C6)nc(OCC56CCC57CCCN6C[C@H](F)C7)nc4c3F)c12. The van der Waals surface area contributed by atoms with Crippen LogP contribution in [0.5, 0.6) is 11.8 Å². The number of aromatic nitrogens is 3. The largest absolute Gasteiger partial charge is 0.508 e. The standard InChI is InChI=1S/C37H41F2N5O4/c1-2-20-5-3-6-21-13-24(45)15-25(29(20)21)31-30(39)32-26(17-40-31)34(44-23-7-8-27(44)33(47)28(46)14-23)42-35(41-32)48-19-37-11-10-36(37)9-4-12-43(37)18-22(38)16-36/h3,5-6,13,15,17,22-23,27-28,33,45-47H,2,4,7-12,14,16,18-19H2,1H3/t22-,23?,27?,28-,33?,36?,37?/m1/s1. The van der Waals surface area contributed by atoms with E-state index in [-0.39, 0.29) is 46.6 Å². The van der Waals surface area contributed by atoms with Gasteiger partial charge in [0.05, 0.1) is 23.1 Å². The van der Waals surface area contributed by atoms with Crippen LogP contribution in [-0.4, -0.2) is 90.9 Å². The first-order valence-electron chi connectivity index (χ1n) is 17.5. The Balaban J connectivity index is 1.19. The molecule has 9 rings (SSSR count).